The molecule has 1 unspecified atom stereocenters. The van der Waals surface area contributed by atoms with E-state index in [1.54, 1.807) is 6.20 Å². The van der Waals surface area contributed by atoms with Gasteiger partial charge in [-0.15, -0.1) is 11.3 Å². The number of hydrogen-bond acceptors (Lipinski definition) is 4. The van der Waals surface area contributed by atoms with Crippen LogP contribution in [0.25, 0.3) is 0 Å². The number of nitrogens with one attached hydrogen (secondary N) is 2. The smallest absolute Gasteiger partial charge is 0.184 e. The molecule has 0 bridgehead atoms. The van der Waals surface area contributed by atoms with Crippen molar-refractivity contribution in [1.29, 1.82) is 5.41 Å². The molecule has 0 saturated heterocycles. The predicted molar refractivity (Wildman–Crippen MR) is 93.2 cm³/mol. The normalized spacial score (nSPS) is 11.1. The Labute approximate surface area is 137 Å². The summed E-state index contributed by atoms with van der Waals surface area (Å²) >= 11 is 12.8. The van der Waals surface area contributed by atoms with E-state index in [-0.39, 0.29) is 0 Å². The fourth-order valence-corrected chi connectivity index (χ4v) is 3.84. The van der Waals surface area contributed by atoms with Gasteiger partial charge in [0.1, 0.15) is 0 Å². The molecule has 0 saturated carbocycles. The van der Waals surface area contributed by atoms with E-state index in [1.807, 2.05) is 18.2 Å². The lowest BCUT2D eigenvalue weighted by molar-refractivity contribution is 1.40. The molecule has 0 spiro atoms. The summed E-state index contributed by atoms with van der Waals surface area (Å²) in [4.78, 5) is 4.73. The van der Waals surface area contributed by atoms with Gasteiger partial charge in [0.05, 0.1) is 10.6 Å². The maximum absolute atomic E-state index is 8.25. The van der Waals surface area contributed by atoms with Gasteiger partial charge < -0.3 is 5.09 Å². The number of halogens is 3. The third-order valence-corrected chi connectivity index (χ3v) is 4.96. The Bertz CT molecular complexity index is 592. The molecule has 1 aromatic carbocycles. The molecule has 3 nitrogen and oxygen atoms in total. The number of hydrogen-bond donors (Lipinski definition) is 2. The monoisotopic (exact) mass is 473 g/mol. The Morgan fingerprint density at radius 1 is 1.56 bits per heavy atom. The van der Waals surface area contributed by atoms with Crippen LogP contribution in [0.1, 0.15) is 10.4 Å². The standard InChI is InChI=1S/C10H7BrClIN3PS/c11-5-1-2-7(16-17-13)6(3-5)9(14)8-4-15-10(12)18-8/h1-4,14,16-17H. The number of thiazole rings is 1. The molecule has 0 aliphatic carbocycles. The second kappa shape index (κ2) is 6.61. The quantitative estimate of drug-likeness (QED) is 0.358. The first-order chi connectivity index (χ1) is 8.61. The fraction of sp³-hybridized carbons (Fsp3) is 0. The highest BCUT2D eigenvalue weighted by Gasteiger charge is 2.13. The molecular weight excluding hydrogens is 467 g/mol. The van der Waals surface area contributed by atoms with E-state index in [0.29, 0.717) is 16.6 Å². The molecule has 94 valence electrons. The van der Waals surface area contributed by atoms with Crippen molar-refractivity contribution in [1.82, 2.24) is 4.98 Å². The van der Waals surface area contributed by atoms with Crippen molar-refractivity contribution in [3.8, 4) is 0 Å². The van der Waals surface area contributed by atoms with E-state index < -0.39 is 0 Å². The van der Waals surface area contributed by atoms with Crippen LogP contribution in [0.3, 0.4) is 0 Å². The van der Waals surface area contributed by atoms with Crippen LogP contribution < -0.4 is 5.09 Å². The van der Waals surface area contributed by atoms with Crippen molar-refractivity contribution in [2.45, 2.75) is 0 Å². The van der Waals surface area contributed by atoms with Crippen molar-refractivity contribution in [3.63, 3.8) is 0 Å². The largest absolute Gasteiger partial charge is 0.358 e. The van der Waals surface area contributed by atoms with Crippen LogP contribution >= 0.6 is 67.3 Å². The summed E-state index contributed by atoms with van der Waals surface area (Å²) < 4.78 is 1.40. The summed E-state index contributed by atoms with van der Waals surface area (Å²) in [7, 11) is 0. The highest BCUT2D eigenvalue weighted by atomic mass is 127. The molecule has 0 aliphatic heterocycles. The van der Waals surface area contributed by atoms with E-state index in [9.17, 15) is 0 Å². The molecule has 1 heterocycles. The first-order valence-electron chi connectivity index (χ1n) is 4.73. The summed E-state index contributed by atoms with van der Waals surface area (Å²) in [5.74, 6) is 0. The first kappa shape index (κ1) is 14.7. The van der Waals surface area contributed by atoms with Crippen molar-refractivity contribution in [2.24, 2.45) is 0 Å². The minimum absolute atomic E-state index is 0.429. The predicted octanol–water partition coefficient (Wildman–Crippen LogP) is 5.33. The number of nitrogens with zero attached hydrogens (tertiary/aromatic N) is 1. The van der Waals surface area contributed by atoms with Gasteiger partial charge in [-0.1, -0.05) is 27.5 Å². The van der Waals surface area contributed by atoms with Crippen LogP contribution in [0, 0.1) is 5.41 Å². The van der Waals surface area contributed by atoms with Gasteiger partial charge in [-0.25, -0.2) is 4.98 Å². The van der Waals surface area contributed by atoms with Gasteiger partial charge >= 0.3 is 0 Å². The minimum atomic E-state index is 0.429. The summed E-state index contributed by atoms with van der Waals surface area (Å²) in [5.41, 5.74) is 2.21. The summed E-state index contributed by atoms with van der Waals surface area (Å²) in [6, 6.07) is 5.84. The third-order valence-electron chi connectivity index (χ3n) is 2.16. The van der Waals surface area contributed by atoms with E-state index in [2.05, 4.69) is 48.0 Å². The molecule has 0 aliphatic rings. The van der Waals surface area contributed by atoms with Gasteiger partial charge in [-0.2, -0.15) is 0 Å². The Morgan fingerprint density at radius 3 is 2.94 bits per heavy atom. The lowest BCUT2D eigenvalue weighted by Crippen LogP contribution is -2.02. The second-order valence-corrected chi connectivity index (χ2v) is 7.85. The third kappa shape index (κ3) is 3.42. The fourth-order valence-electron chi connectivity index (χ4n) is 1.38. The molecule has 2 aromatic rings. The molecule has 8 heteroatoms. The summed E-state index contributed by atoms with van der Waals surface area (Å²) in [5, 5.41) is 11.5. The molecule has 1 aromatic heterocycles. The van der Waals surface area contributed by atoms with Crippen molar-refractivity contribution < 1.29 is 0 Å². The Hall–Kier alpha value is 0.250. The van der Waals surface area contributed by atoms with Crippen molar-refractivity contribution in [3.05, 3.63) is 43.8 Å². The van der Waals surface area contributed by atoms with Crippen LogP contribution in [0.5, 0.6) is 0 Å². The molecule has 2 rings (SSSR count). The first-order valence-corrected chi connectivity index (χ1v) is 10.8. The van der Waals surface area contributed by atoms with Crippen molar-refractivity contribution in [2.75, 3.05) is 5.09 Å². The zero-order valence-corrected chi connectivity index (χ0v) is 15.1. The van der Waals surface area contributed by atoms with Gasteiger partial charge in [0, 0.05) is 28.3 Å². The van der Waals surface area contributed by atoms with Crippen LogP contribution in [0.15, 0.2) is 28.9 Å². The van der Waals surface area contributed by atoms with Crippen LogP contribution in [-0.2, 0) is 0 Å². The zero-order chi connectivity index (χ0) is 13.1. The number of aromatic nitrogens is 1. The molecule has 18 heavy (non-hydrogen) atoms. The van der Waals surface area contributed by atoms with Crippen molar-refractivity contribution >= 4 is 78.7 Å². The average molecular weight is 474 g/mol. The molecule has 2 N–H and O–H groups in total. The maximum Gasteiger partial charge on any atom is 0.184 e. The topological polar surface area (TPSA) is 48.8 Å². The SMILES string of the molecule is N=C(c1cnc(Cl)s1)c1cc(Br)ccc1NPI. The molecule has 0 fully saturated rings. The lowest BCUT2D eigenvalue weighted by atomic mass is 10.1. The van der Waals surface area contributed by atoms with E-state index in [4.69, 9.17) is 17.0 Å². The highest BCUT2D eigenvalue weighted by Crippen LogP contribution is 2.31. The van der Waals surface area contributed by atoms with Crippen LogP contribution in [-0.4, -0.2) is 10.7 Å². The molecule has 0 radical (unpaired) electrons. The Morgan fingerprint density at radius 2 is 2.33 bits per heavy atom. The van der Waals surface area contributed by atoms with Gasteiger partial charge in [-0.05, 0) is 40.2 Å². The van der Waals surface area contributed by atoms with E-state index in [1.165, 1.54) is 11.3 Å². The molecule has 0 amide bonds. The van der Waals surface area contributed by atoms with Gasteiger partial charge in [-0.3, -0.25) is 5.41 Å². The maximum atomic E-state index is 8.25. The minimum Gasteiger partial charge on any atom is -0.358 e. The van der Waals surface area contributed by atoms with Gasteiger partial charge in [0.15, 0.2) is 4.47 Å². The van der Waals surface area contributed by atoms with Gasteiger partial charge in [0.25, 0.3) is 0 Å². The second-order valence-electron chi connectivity index (χ2n) is 3.26. The average Bonchev–Trinajstić information content (AvgIpc) is 2.77. The van der Waals surface area contributed by atoms with Gasteiger partial charge in [0.2, 0.25) is 0 Å². The number of rotatable bonds is 4. The molecule has 1 atom stereocenters. The van der Waals surface area contributed by atoms with E-state index >= 15 is 0 Å². The summed E-state index contributed by atoms with van der Waals surface area (Å²) in [6.45, 7) is 0. The summed E-state index contributed by atoms with van der Waals surface area (Å²) in [6.07, 6.45) is 2.19. The number of anilines is 1. The number of benzene rings is 1. The lowest BCUT2D eigenvalue weighted by Gasteiger charge is -2.10. The Kier molecular flexibility index (Phi) is 5.38. The Balaban J connectivity index is 2.42. The molecular formula is C10H7BrClIN3PS. The van der Waals surface area contributed by atoms with Crippen LogP contribution in [0.2, 0.25) is 4.47 Å². The van der Waals surface area contributed by atoms with Crippen LogP contribution in [0.4, 0.5) is 5.69 Å². The zero-order valence-electron chi connectivity index (χ0n) is 8.80. The highest BCUT2D eigenvalue weighted by molar-refractivity contribution is 14.2. The van der Waals surface area contributed by atoms with E-state index in [0.717, 1.165) is 20.6 Å².